The third kappa shape index (κ3) is 2.11. The van der Waals surface area contributed by atoms with E-state index in [1.54, 1.807) is 31.2 Å². The lowest BCUT2D eigenvalue weighted by molar-refractivity contribution is -0.140. The number of nitrogens with zero attached hydrogens (tertiary/aromatic N) is 2. The molecule has 1 aliphatic rings. The van der Waals surface area contributed by atoms with E-state index in [4.69, 9.17) is 4.74 Å². The number of carbonyl (C=O) groups excluding carboxylic acids is 2. The fourth-order valence-electron chi connectivity index (χ4n) is 2.65. The second-order valence-electron chi connectivity index (χ2n) is 4.99. The third-order valence-electron chi connectivity index (χ3n) is 3.94. The van der Waals surface area contributed by atoms with Gasteiger partial charge in [-0.1, -0.05) is 19.1 Å². The first kappa shape index (κ1) is 14.5. The molecule has 2 atom stereocenters. The highest BCUT2D eigenvalue weighted by Gasteiger charge is 2.54. The second-order valence-corrected chi connectivity index (χ2v) is 4.99. The zero-order valence-electron chi connectivity index (χ0n) is 11.6. The van der Waals surface area contributed by atoms with Crippen molar-refractivity contribution in [2.45, 2.75) is 12.3 Å². The van der Waals surface area contributed by atoms with E-state index in [-0.39, 0.29) is 0 Å². The van der Waals surface area contributed by atoms with Gasteiger partial charge in [0.15, 0.2) is 0 Å². The van der Waals surface area contributed by atoms with E-state index < -0.39 is 29.1 Å². The summed E-state index contributed by atoms with van der Waals surface area (Å²) >= 11 is 0. The molecule has 1 N–H and O–H groups in total. The fraction of sp³-hybridized carbons (Fsp3) is 0.333. The van der Waals surface area contributed by atoms with E-state index in [1.165, 1.54) is 7.11 Å². The molecule has 0 aromatic heterocycles. The molecule has 6 heteroatoms. The number of hydrogen-bond donors (Lipinski definition) is 1. The maximum atomic E-state index is 11.9. The Morgan fingerprint density at radius 1 is 1.10 bits per heavy atom. The van der Waals surface area contributed by atoms with Gasteiger partial charge in [-0.2, -0.15) is 10.5 Å². The number of piperidine rings is 1. The van der Waals surface area contributed by atoms with Gasteiger partial charge in [0.2, 0.25) is 11.8 Å². The molecule has 106 valence electrons. The van der Waals surface area contributed by atoms with E-state index in [1.807, 2.05) is 12.1 Å². The molecule has 1 aromatic rings. The molecule has 0 bridgehead atoms. The van der Waals surface area contributed by atoms with Crippen LogP contribution in [0.25, 0.3) is 0 Å². The lowest BCUT2D eigenvalue weighted by Crippen LogP contribution is -2.58. The Balaban J connectivity index is 2.60. The highest BCUT2D eigenvalue weighted by atomic mass is 16.5. The van der Waals surface area contributed by atoms with Gasteiger partial charge in [0, 0.05) is 5.41 Å². The fourth-order valence-corrected chi connectivity index (χ4v) is 2.65. The van der Waals surface area contributed by atoms with Crippen LogP contribution in [0.4, 0.5) is 0 Å². The Kier molecular flexibility index (Phi) is 3.64. The van der Waals surface area contributed by atoms with Gasteiger partial charge in [-0.25, -0.2) is 0 Å². The van der Waals surface area contributed by atoms with E-state index in [0.29, 0.717) is 11.3 Å². The monoisotopic (exact) mass is 283 g/mol. The predicted molar refractivity (Wildman–Crippen MR) is 71.7 cm³/mol. The summed E-state index contributed by atoms with van der Waals surface area (Å²) in [6.07, 6.45) is 0. The molecule has 0 unspecified atom stereocenters. The standard InChI is InChI=1S/C15H13N3O3/c1-15(9-3-5-10(21-2)6-4-9)11(7-16)13(19)18-14(20)12(15)8-17/h3-6,11-12H,1-2H3,(H,18,19,20)/t11-,12-/m1/s1. The average Bonchev–Trinajstić information content (AvgIpc) is 2.47. The van der Waals surface area contributed by atoms with Crippen LogP contribution in [0.5, 0.6) is 5.75 Å². The molecule has 2 rings (SSSR count). The highest BCUT2D eigenvalue weighted by Crippen LogP contribution is 2.42. The molecule has 1 fully saturated rings. The van der Waals surface area contributed by atoms with Gasteiger partial charge in [0.1, 0.15) is 17.6 Å². The van der Waals surface area contributed by atoms with Gasteiger partial charge < -0.3 is 4.74 Å². The van der Waals surface area contributed by atoms with Crippen LogP contribution < -0.4 is 10.1 Å². The molecule has 1 heterocycles. The average molecular weight is 283 g/mol. The van der Waals surface area contributed by atoms with Crippen LogP contribution >= 0.6 is 0 Å². The van der Waals surface area contributed by atoms with Crippen molar-refractivity contribution in [3.8, 4) is 17.9 Å². The minimum absolute atomic E-state index is 0.574. The van der Waals surface area contributed by atoms with Crippen LogP contribution in [0.1, 0.15) is 12.5 Å². The Morgan fingerprint density at radius 2 is 1.57 bits per heavy atom. The lowest BCUT2D eigenvalue weighted by Gasteiger charge is -2.40. The first-order chi connectivity index (χ1) is 9.98. The summed E-state index contributed by atoms with van der Waals surface area (Å²) in [5.41, 5.74) is -0.626. The smallest absolute Gasteiger partial charge is 0.244 e. The number of carbonyl (C=O) groups is 2. The summed E-state index contributed by atoms with van der Waals surface area (Å²) in [6.45, 7) is 1.59. The van der Waals surface area contributed by atoms with E-state index in [9.17, 15) is 20.1 Å². The van der Waals surface area contributed by atoms with Gasteiger partial charge in [-0.05, 0) is 17.7 Å². The zero-order valence-corrected chi connectivity index (χ0v) is 11.6. The molecule has 0 saturated carbocycles. The number of nitrogens with one attached hydrogen (secondary N) is 1. The molecule has 1 aromatic carbocycles. The molecule has 0 radical (unpaired) electrons. The van der Waals surface area contributed by atoms with Crippen LogP contribution in [0, 0.1) is 34.5 Å². The SMILES string of the molecule is COc1ccc(C2(C)[C@H](C#N)C(=O)NC(=O)[C@H]2C#N)cc1. The molecule has 21 heavy (non-hydrogen) atoms. The third-order valence-corrected chi connectivity index (χ3v) is 3.94. The summed E-state index contributed by atoms with van der Waals surface area (Å²) in [5, 5.41) is 20.7. The minimum Gasteiger partial charge on any atom is -0.497 e. The van der Waals surface area contributed by atoms with Gasteiger partial charge in [0.25, 0.3) is 0 Å². The summed E-state index contributed by atoms with van der Waals surface area (Å²) in [4.78, 5) is 23.8. The lowest BCUT2D eigenvalue weighted by atomic mass is 9.62. The van der Waals surface area contributed by atoms with Crippen LogP contribution in [0.2, 0.25) is 0 Å². The van der Waals surface area contributed by atoms with Crippen LogP contribution in [0.15, 0.2) is 24.3 Å². The molecule has 2 amide bonds. The number of amides is 2. The number of imide groups is 1. The number of methoxy groups -OCH3 is 1. The van der Waals surface area contributed by atoms with Gasteiger partial charge in [-0.15, -0.1) is 0 Å². The van der Waals surface area contributed by atoms with Gasteiger partial charge in [-0.3, -0.25) is 14.9 Å². The summed E-state index contributed by atoms with van der Waals surface area (Å²) in [5.74, 6) is -2.97. The van der Waals surface area contributed by atoms with Crippen molar-refractivity contribution in [1.82, 2.24) is 5.32 Å². The first-order valence-electron chi connectivity index (χ1n) is 6.27. The first-order valence-corrected chi connectivity index (χ1v) is 6.27. The maximum Gasteiger partial charge on any atom is 0.244 e. The molecular weight excluding hydrogens is 270 g/mol. The van der Waals surface area contributed by atoms with Crippen molar-refractivity contribution in [2.75, 3.05) is 7.11 Å². The van der Waals surface area contributed by atoms with Crippen molar-refractivity contribution in [3.05, 3.63) is 29.8 Å². The Labute approximate surface area is 121 Å². The Morgan fingerprint density at radius 3 is 1.95 bits per heavy atom. The van der Waals surface area contributed by atoms with Crippen molar-refractivity contribution in [3.63, 3.8) is 0 Å². The number of rotatable bonds is 2. The maximum absolute atomic E-state index is 11.9. The van der Waals surface area contributed by atoms with Crippen LogP contribution in [-0.4, -0.2) is 18.9 Å². The van der Waals surface area contributed by atoms with Gasteiger partial charge >= 0.3 is 0 Å². The van der Waals surface area contributed by atoms with Crippen LogP contribution in [-0.2, 0) is 15.0 Å². The Bertz CT molecular complexity index is 635. The number of benzene rings is 1. The topological polar surface area (TPSA) is 103 Å². The summed E-state index contributed by atoms with van der Waals surface area (Å²) in [7, 11) is 1.52. The molecule has 1 aliphatic heterocycles. The number of ether oxygens (including phenoxy) is 1. The van der Waals surface area contributed by atoms with E-state index in [2.05, 4.69) is 5.32 Å². The molecule has 6 nitrogen and oxygen atoms in total. The van der Waals surface area contributed by atoms with Gasteiger partial charge in [0.05, 0.1) is 19.2 Å². The van der Waals surface area contributed by atoms with E-state index in [0.717, 1.165) is 0 Å². The normalized spacial score (nSPS) is 23.6. The molecule has 1 saturated heterocycles. The predicted octanol–water partition coefficient (Wildman–Crippen LogP) is 0.889. The van der Waals surface area contributed by atoms with Crippen molar-refractivity contribution >= 4 is 11.8 Å². The zero-order chi connectivity index (χ0) is 15.6. The largest absolute Gasteiger partial charge is 0.497 e. The molecule has 0 spiro atoms. The highest BCUT2D eigenvalue weighted by molar-refractivity contribution is 6.04. The quantitative estimate of drug-likeness (QED) is 0.812. The van der Waals surface area contributed by atoms with E-state index >= 15 is 0 Å². The Hall–Kier alpha value is -2.86. The van der Waals surface area contributed by atoms with Crippen molar-refractivity contribution in [2.24, 2.45) is 11.8 Å². The molecule has 0 aliphatic carbocycles. The second kappa shape index (κ2) is 5.26. The summed E-state index contributed by atoms with van der Waals surface area (Å²) in [6, 6.07) is 10.5. The van der Waals surface area contributed by atoms with Crippen molar-refractivity contribution < 1.29 is 14.3 Å². The number of hydrogen-bond acceptors (Lipinski definition) is 5. The molecular formula is C15H13N3O3. The summed E-state index contributed by atoms with van der Waals surface area (Å²) < 4.78 is 5.06. The van der Waals surface area contributed by atoms with Crippen LogP contribution in [0.3, 0.4) is 0 Å². The van der Waals surface area contributed by atoms with Crippen molar-refractivity contribution in [1.29, 1.82) is 10.5 Å². The number of nitriles is 2. The minimum atomic E-state index is -1.20.